The van der Waals surface area contributed by atoms with E-state index in [0.717, 1.165) is 97.9 Å². The number of fused-ring (bicyclic) bond motifs is 5. The van der Waals surface area contributed by atoms with Gasteiger partial charge in [0, 0.05) is 29.7 Å². The summed E-state index contributed by atoms with van der Waals surface area (Å²) >= 11 is 0. The zero-order chi connectivity index (χ0) is 41.2. The van der Waals surface area contributed by atoms with E-state index in [1.54, 1.807) is 6.07 Å². The molecule has 5 aliphatic carbocycles. The molecule has 60 heavy (non-hydrogen) atoms. The van der Waals surface area contributed by atoms with Crippen LogP contribution in [0, 0.1) is 40.4 Å². The quantitative estimate of drug-likeness (QED) is 0.158. The molecule has 0 unspecified atom stereocenters. The van der Waals surface area contributed by atoms with E-state index in [1.807, 2.05) is 25.2 Å². The minimum Gasteiger partial charge on any atom is -0.508 e. The topological polar surface area (TPSA) is 117 Å². The summed E-state index contributed by atoms with van der Waals surface area (Å²) in [5, 5.41) is 28.9. The molecular formula is C52H58N2O6. The number of benzene rings is 3. The molecule has 2 spiro atoms. The first-order valence-electron chi connectivity index (χ1n) is 22.6. The highest BCUT2D eigenvalue weighted by Crippen LogP contribution is 2.77. The van der Waals surface area contributed by atoms with Crippen molar-refractivity contribution in [3.05, 3.63) is 130 Å². The minimum atomic E-state index is -0.895. The second kappa shape index (κ2) is 15.6. The Labute approximate surface area is 353 Å². The molecule has 3 aliphatic heterocycles. The van der Waals surface area contributed by atoms with Crippen LogP contribution in [0.2, 0.25) is 0 Å². The molecule has 11 rings (SSSR count). The molecule has 8 nitrogen and oxygen atoms in total. The summed E-state index contributed by atoms with van der Waals surface area (Å²) in [6.07, 6.45) is 13.4. The first-order valence-corrected chi connectivity index (χ1v) is 22.6. The predicted octanol–water partition coefficient (Wildman–Crippen LogP) is 9.12. The van der Waals surface area contributed by atoms with Crippen molar-refractivity contribution in [3.8, 4) is 16.9 Å². The lowest BCUT2D eigenvalue weighted by Crippen LogP contribution is -2.59. The fraction of sp³-hybridized carbons (Fsp3) is 0.462. The number of carbonyl (C=O) groups is 2. The maximum absolute atomic E-state index is 15.0. The largest absolute Gasteiger partial charge is 0.508 e. The molecule has 0 amide bonds. The van der Waals surface area contributed by atoms with Crippen molar-refractivity contribution in [2.75, 3.05) is 26.7 Å². The Morgan fingerprint density at radius 2 is 1.73 bits per heavy atom. The van der Waals surface area contributed by atoms with Gasteiger partial charge in [0.1, 0.15) is 17.3 Å². The van der Waals surface area contributed by atoms with Crippen molar-refractivity contribution in [2.24, 2.45) is 40.4 Å². The van der Waals surface area contributed by atoms with E-state index >= 15 is 4.79 Å². The van der Waals surface area contributed by atoms with Crippen LogP contribution in [0.5, 0.6) is 5.75 Å². The van der Waals surface area contributed by atoms with Gasteiger partial charge in [-0.1, -0.05) is 61.5 Å². The number of esters is 2. The summed E-state index contributed by atoms with van der Waals surface area (Å²) in [6, 6.07) is 24.9. The van der Waals surface area contributed by atoms with Gasteiger partial charge in [-0.3, -0.25) is 0 Å². The van der Waals surface area contributed by atoms with Gasteiger partial charge in [-0.2, -0.15) is 0 Å². The smallest absolute Gasteiger partial charge is 0.340 e. The number of carbonyl (C=O) groups excluding carboxylic acids is 2. The Hall–Kier alpha value is -4.76. The van der Waals surface area contributed by atoms with Gasteiger partial charge in [0.25, 0.3) is 0 Å². The van der Waals surface area contributed by atoms with Crippen LogP contribution in [-0.2, 0) is 25.5 Å². The lowest BCUT2D eigenvalue weighted by molar-refractivity contribution is -0.136. The highest BCUT2D eigenvalue weighted by atomic mass is 16.5. The number of nitrogens with one attached hydrogen (secondary N) is 2. The zero-order valence-electron chi connectivity index (χ0n) is 35.0. The maximum Gasteiger partial charge on any atom is 0.340 e. The third kappa shape index (κ3) is 6.19. The van der Waals surface area contributed by atoms with Crippen molar-refractivity contribution in [1.82, 2.24) is 10.6 Å². The average Bonchev–Trinajstić information content (AvgIpc) is 3.75. The van der Waals surface area contributed by atoms with Crippen LogP contribution in [0.3, 0.4) is 0 Å². The molecule has 3 fully saturated rings. The molecule has 0 radical (unpaired) electrons. The van der Waals surface area contributed by atoms with E-state index in [1.165, 1.54) is 11.1 Å². The molecular weight excluding hydrogens is 749 g/mol. The van der Waals surface area contributed by atoms with Crippen LogP contribution >= 0.6 is 0 Å². The number of rotatable bonds is 9. The fourth-order valence-corrected chi connectivity index (χ4v) is 13.1. The Balaban J connectivity index is 1.20. The standard InChI is InChI=1S/C52H58N2O6/c1-3-31(26-32-8-5-4-6-9-32)27-44-52-23-17-41-45(47(52)50(58)60-44)40-29-37(56)13-14-38(40)34-10-7-11-35(28-34)42(53-2)18-22-51(41)21-16-39-43(59-49(57)46(39)48(51)52)15-12-36(30-55)33-19-24-54-25-20-33/h4-11,13-15,27-29,31,33,36,41-42,48,53-56H,3,12,16-26,30H2,1-2H3/b43-15?,44-27-/t31-,36+,41-,42+,48-,51+,52-/m0/s1. The fourth-order valence-electron chi connectivity index (χ4n) is 13.1. The van der Waals surface area contributed by atoms with Crippen LogP contribution in [0.1, 0.15) is 93.9 Å². The van der Waals surface area contributed by atoms with E-state index in [4.69, 9.17) is 9.47 Å². The summed E-state index contributed by atoms with van der Waals surface area (Å²) in [5.41, 5.74) is 7.38. The summed E-state index contributed by atoms with van der Waals surface area (Å²) < 4.78 is 13.1. The highest BCUT2D eigenvalue weighted by molar-refractivity contribution is 6.08. The van der Waals surface area contributed by atoms with E-state index in [9.17, 15) is 15.0 Å². The average molecular weight is 807 g/mol. The number of phenolic OH excluding ortho intramolecular Hbond substituents is 1. The van der Waals surface area contributed by atoms with Crippen molar-refractivity contribution in [3.63, 3.8) is 0 Å². The summed E-state index contributed by atoms with van der Waals surface area (Å²) in [4.78, 5) is 29.9. The molecule has 3 aromatic rings. The van der Waals surface area contributed by atoms with Crippen LogP contribution in [0.25, 0.3) is 16.7 Å². The number of aromatic hydroxyl groups is 1. The van der Waals surface area contributed by atoms with Gasteiger partial charge in [0.2, 0.25) is 0 Å². The maximum atomic E-state index is 15.0. The van der Waals surface area contributed by atoms with Crippen LogP contribution in [-0.4, -0.2) is 48.9 Å². The Morgan fingerprint density at radius 3 is 2.52 bits per heavy atom. The first-order chi connectivity index (χ1) is 29.3. The lowest BCUT2D eigenvalue weighted by Gasteiger charge is -2.63. The van der Waals surface area contributed by atoms with E-state index in [2.05, 4.69) is 78.2 Å². The molecule has 2 saturated heterocycles. The van der Waals surface area contributed by atoms with Crippen LogP contribution in [0.4, 0.5) is 0 Å². The molecule has 8 aliphatic rings. The number of allylic oxidation sites excluding steroid dienone is 5. The number of hydrogen-bond acceptors (Lipinski definition) is 8. The van der Waals surface area contributed by atoms with Crippen LogP contribution < -0.4 is 10.6 Å². The highest BCUT2D eigenvalue weighted by Gasteiger charge is 2.73. The molecule has 7 atom stereocenters. The van der Waals surface area contributed by atoms with Gasteiger partial charge >= 0.3 is 11.9 Å². The second-order valence-corrected chi connectivity index (χ2v) is 18.6. The van der Waals surface area contributed by atoms with Gasteiger partial charge < -0.3 is 30.3 Å². The Bertz CT molecular complexity index is 2340. The molecule has 0 aromatic heterocycles. The number of phenols is 1. The van der Waals surface area contributed by atoms with Gasteiger partial charge in [-0.05, 0) is 184 Å². The monoisotopic (exact) mass is 806 g/mol. The molecule has 8 heteroatoms. The summed E-state index contributed by atoms with van der Waals surface area (Å²) in [6.45, 7) is 4.21. The first kappa shape index (κ1) is 39.4. The third-order valence-electron chi connectivity index (χ3n) is 16.0. The molecule has 6 bridgehead atoms. The number of cyclic esters (lactones) is 2. The number of piperidine rings is 1. The van der Waals surface area contributed by atoms with Crippen LogP contribution in [0.15, 0.2) is 113 Å². The summed E-state index contributed by atoms with van der Waals surface area (Å²) in [5.74, 6) is 1.07. The van der Waals surface area contributed by atoms with Crippen molar-refractivity contribution in [2.45, 2.75) is 83.6 Å². The molecule has 1 saturated carbocycles. The van der Waals surface area contributed by atoms with Gasteiger partial charge in [-0.15, -0.1) is 0 Å². The SMILES string of the molecule is CC[C@H](/C=C1\OC(=O)C2=C3c4cc(O)ccc4-c4cccc(c4)[C@H](NC)CC[C@@]45CCC6=C(C(=O)OC6=CC[C@H](CO)C6CCNCC6)[C@@H]4[C@]21CC[C@@H]35)Cc1ccccc1. The van der Waals surface area contributed by atoms with E-state index in [-0.39, 0.29) is 54.0 Å². The van der Waals surface area contributed by atoms with Gasteiger partial charge in [0.15, 0.2) is 0 Å². The Kier molecular flexibility index (Phi) is 10.2. The van der Waals surface area contributed by atoms with Crippen molar-refractivity contribution < 1.29 is 29.3 Å². The Morgan fingerprint density at radius 1 is 0.900 bits per heavy atom. The second-order valence-electron chi connectivity index (χ2n) is 18.6. The minimum absolute atomic E-state index is 0.0549. The molecule has 312 valence electrons. The predicted molar refractivity (Wildman–Crippen MR) is 232 cm³/mol. The third-order valence-corrected chi connectivity index (χ3v) is 16.0. The normalized spacial score (nSPS) is 30.6. The molecule has 3 heterocycles. The number of hydrogen-bond donors (Lipinski definition) is 4. The molecule has 3 aromatic carbocycles. The van der Waals surface area contributed by atoms with E-state index < -0.39 is 10.8 Å². The molecule has 4 N–H and O–H groups in total. The summed E-state index contributed by atoms with van der Waals surface area (Å²) in [7, 11) is 2.03. The number of aliphatic hydroxyl groups excluding tert-OH is 1. The van der Waals surface area contributed by atoms with E-state index in [0.29, 0.717) is 42.3 Å². The van der Waals surface area contributed by atoms with Gasteiger partial charge in [-0.25, -0.2) is 9.59 Å². The number of aliphatic hydroxyl groups is 1. The number of ether oxygens (including phenoxy) is 2. The van der Waals surface area contributed by atoms with Crippen molar-refractivity contribution >= 4 is 17.5 Å². The lowest BCUT2D eigenvalue weighted by atomic mass is 9.37. The van der Waals surface area contributed by atoms with Gasteiger partial charge in [0.05, 0.1) is 11.0 Å². The van der Waals surface area contributed by atoms with Crippen molar-refractivity contribution in [1.29, 1.82) is 0 Å². The zero-order valence-corrected chi connectivity index (χ0v) is 35.0.